The normalized spacial score (nSPS) is 12.1. The summed E-state index contributed by atoms with van der Waals surface area (Å²) in [6, 6.07) is 15.8. The molecule has 4 nitrogen and oxygen atoms in total. The highest BCUT2D eigenvalue weighted by molar-refractivity contribution is 5.66. The highest BCUT2D eigenvalue weighted by Gasteiger charge is 2.18. The van der Waals surface area contributed by atoms with Gasteiger partial charge in [-0.3, -0.25) is 0 Å². The number of aromatic amines is 1. The molecule has 3 aromatic rings. The molecule has 0 fully saturated rings. The van der Waals surface area contributed by atoms with Crippen LogP contribution in [0.25, 0.3) is 11.1 Å². The lowest BCUT2D eigenvalue weighted by Gasteiger charge is -2.15. The molecule has 0 bridgehead atoms. The van der Waals surface area contributed by atoms with Crippen molar-refractivity contribution in [2.24, 2.45) is 0 Å². The maximum Gasteiger partial charge on any atom is 0.126 e. The second-order valence-corrected chi connectivity index (χ2v) is 4.72. The van der Waals surface area contributed by atoms with Gasteiger partial charge in [-0.05, 0) is 23.3 Å². The fraction of sp³-hybridized carbons (Fsp3) is 0.118. The molecule has 3 rings (SSSR count). The first-order chi connectivity index (χ1) is 10.3. The zero-order valence-corrected chi connectivity index (χ0v) is 11.7. The van der Waals surface area contributed by atoms with E-state index >= 15 is 0 Å². The third kappa shape index (κ3) is 2.66. The van der Waals surface area contributed by atoms with Gasteiger partial charge >= 0.3 is 0 Å². The summed E-state index contributed by atoms with van der Waals surface area (Å²) in [4.78, 5) is 6.96. The van der Waals surface area contributed by atoms with E-state index in [-0.39, 0.29) is 0 Å². The van der Waals surface area contributed by atoms with Crippen molar-refractivity contribution < 1.29 is 9.84 Å². The van der Waals surface area contributed by atoms with Gasteiger partial charge in [-0.25, -0.2) is 4.98 Å². The van der Waals surface area contributed by atoms with Crippen LogP contribution in [-0.4, -0.2) is 22.2 Å². The van der Waals surface area contributed by atoms with E-state index < -0.39 is 6.10 Å². The maximum absolute atomic E-state index is 10.5. The van der Waals surface area contributed by atoms with Crippen LogP contribution < -0.4 is 4.74 Å². The van der Waals surface area contributed by atoms with Crippen molar-refractivity contribution in [2.75, 3.05) is 7.11 Å². The lowest BCUT2D eigenvalue weighted by molar-refractivity contribution is 0.210. The average molecular weight is 280 g/mol. The topological polar surface area (TPSA) is 58.1 Å². The number of aromatic nitrogens is 2. The molecule has 0 aliphatic rings. The van der Waals surface area contributed by atoms with E-state index in [1.807, 2.05) is 48.5 Å². The van der Waals surface area contributed by atoms with Gasteiger partial charge in [-0.1, -0.05) is 36.4 Å². The first kappa shape index (κ1) is 13.4. The Labute approximate surface area is 123 Å². The summed E-state index contributed by atoms with van der Waals surface area (Å²) in [7, 11) is 1.60. The quantitative estimate of drug-likeness (QED) is 0.771. The van der Waals surface area contributed by atoms with Crippen molar-refractivity contribution in [3.05, 3.63) is 72.3 Å². The number of aliphatic hydroxyl groups excluding tert-OH is 1. The van der Waals surface area contributed by atoms with Gasteiger partial charge in [-0.2, -0.15) is 0 Å². The van der Waals surface area contributed by atoms with Crippen LogP contribution in [0.15, 0.2) is 61.1 Å². The molecular weight excluding hydrogens is 264 g/mol. The monoisotopic (exact) mass is 280 g/mol. The fourth-order valence-corrected chi connectivity index (χ4v) is 2.34. The van der Waals surface area contributed by atoms with Crippen LogP contribution in [0.4, 0.5) is 0 Å². The second-order valence-electron chi connectivity index (χ2n) is 4.72. The molecule has 106 valence electrons. The van der Waals surface area contributed by atoms with Crippen molar-refractivity contribution in [2.45, 2.75) is 6.10 Å². The lowest BCUT2D eigenvalue weighted by atomic mass is 9.98. The number of aliphatic hydroxyl groups is 1. The minimum Gasteiger partial charge on any atom is -0.496 e. The maximum atomic E-state index is 10.5. The molecule has 1 atom stereocenters. The fourth-order valence-electron chi connectivity index (χ4n) is 2.34. The molecule has 0 aliphatic carbocycles. The molecule has 0 spiro atoms. The molecule has 2 aromatic carbocycles. The molecule has 2 N–H and O–H groups in total. The zero-order valence-electron chi connectivity index (χ0n) is 11.7. The van der Waals surface area contributed by atoms with Gasteiger partial charge in [0, 0.05) is 11.8 Å². The standard InChI is InChI=1S/C17H16N2O2/c1-21-16-8-7-13(12-5-3-2-4-6-12)9-14(16)17(20)15-10-18-11-19-15/h2-11,17,20H,1H3,(H,18,19). The Morgan fingerprint density at radius 2 is 1.90 bits per heavy atom. The van der Waals surface area contributed by atoms with E-state index in [0.29, 0.717) is 17.0 Å². The molecular formula is C17H16N2O2. The Bertz CT molecular complexity index is 709. The van der Waals surface area contributed by atoms with Crippen LogP contribution in [0.3, 0.4) is 0 Å². The van der Waals surface area contributed by atoms with E-state index in [9.17, 15) is 5.11 Å². The molecule has 0 saturated heterocycles. The van der Waals surface area contributed by atoms with Crippen LogP contribution >= 0.6 is 0 Å². The Balaban J connectivity index is 2.06. The summed E-state index contributed by atoms with van der Waals surface area (Å²) in [6.45, 7) is 0. The molecule has 1 aromatic heterocycles. The van der Waals surface area contributed by atoms with Crippen LogP contribution in [0.1, 0.15) is 17.4 Å². The van der Waals surface area contributed by atoms with Gasteiger partial charge in [0.1, 0.15) is 11.9 Å². The highest BCUT2D eigenvalue weighted by Crippen LogP contribution is 2.33. The van der Waals surface area contributed by atoms with Crippen LogP contribution in [0.2, 0.25) is 0 Å². The van der Waals surface area contributed by atoms with Crippen LogP contribution in [0.5, 0.6) is 5.75 Å². The number of benzene rings is 2. The van der Waals surface area contributed by atoms with Crippen molar-refractivity contribution in [3.8, 4) is 16.9 Å². The van der Waals surface area contributed by atoms with Crippen molar-refractivity contribution in [3.63, 3.8) is 0 Å². The number of ether oxygens (including phenoxy) is 1. The number of rotatable bonds is 4. The third-order valence-electron chi connectivity index (χ3n) is 3.43. The molecule has 4 heteroatoms. The minimum absolute atomic E-state index is 0.568. The number of hydrogen-bond donors (Lipinski definition) is 2. The molecule has 1 heterocycles. The second kappa shape index (κ2) is 5.81. The van der Waals surface area contributed by atoms with E-state index in [0.717, 1.165) is 11.1 Å². The van der Waals surface area contributed by atoms with Crippen LogP contribution in [0, 0.1) is 0 Å². The van der Waals surface area contributed by atoms with E-state index in [1.165, 1.54) is 0 Å². The molecule has 21 heavy (non-hydrogen) atoms. The molecule has 1 unspecified atom stereocenters. The Hall–Kier alpha value is -2.59. The summed E-state index contributed by atoms with van der Waals surface area (Å²) in [6.07, 6.45) is 2.40. The number of imidazole rings is 1. The summed E-state index contributed by atoms with van der Waals surface area (Å²) < 4.78 is 5.36. The van der Waals surface area contributed by atoms with Gasteiger partial charge < -0.3 is 14.8 Å². The molecule has 0 radical (unpaired) electrons. The van der Waals surface area contributed by atoms with Crippen LogP contribution in [-0.2, 0) is 0 Å². The summed E-state index contributed by atoms with van der Waals surface area (Å²) >= 11 is 0. The largest absolute Gasteiger partial charge is 0.496 e. The number of nitrogens with zero attached hydrogens (tertiary/aromatic N) is 1. The number of methoxy groups -OCH3 is 1. The first-order valence-electron chi connectivity index (χ1n) is 6.69. The Morgan fingerprint density at radius 3 is 2.57 bits per heavy atom. The van der Waals surface area contributed by atoms with Gasteiger partial charge in [-0.15, -0.1) is 0 Å². The van der Waals surface area contributed by atoms with Gasteiger partial charge in [0.05, 0.1) is 19.1 Å². The average Bonchev–Trinajstić information content (AvgIpc) is 3.09. The van der Waals surface area contributed by atoms with E-state index in [4.69, 9.17) is 4.74 Å². The summed E-state index contributed by atoms with van der Waals surface area (Å²) in [5, 5.41) is 10.5. The van der Waals surface area contributed by atoms with Crippen molar-refractivity contribution >= 4 is 0 Å². The summed E-state index contributed by atoms with van der Waals surface area (Å²) in [5.41, 5.74) is 3.39. The van der Waals surface area contributed by atoms with E-state index in [1.54, 1.807) is 19.6 Å². The Kier molecular flexibility index (Phi) is 3.71. The van der Waals surface area contributed by atoms with Crippen molar-refractivity contribution in [1.29, 1.82) is 0 Å². The van der Waals surface area contributed by atoms with Gasteiger partial charge in [0.25, 0.3) is 0 Å². The number of hydrogen-bond acceptors (Lipinski definition) is 3. The van der Waals surface area contributed by atoms with E-state index in [2.05, 4.69) is 9.97 Å². The molecule has 0 saturated carbocycles. The Morgan fingerprint density at radius 1 is 1.10 bits per heavy atom. The predicted octanol–water partition coefficient (Wildman–Crippen LogP) is 3.17. The number of H-pyrrole nitrogens is 1. The highest BCUT2D eigenvalue weighted by atomic mass is 16.5. The SMILES string of the molecule is COc1ccc(-c2ccccc2)cc1C(O)c1c[nH]cn1. The molecule has 0 amide bonds. The molecule has 0 aliphatic heterocycles. The zero-order chi connectivity index (χ0) is 14.7. The minimum atomic E-state index is -0.824. The smallest absolute Gasteiger partial charge is 0.126 e. The summed E-state index contributed by atoms with van der Waals surface area (Å²) in [5.74, 6) is 0.644. The van der Waals surface area contributed by atoms with Gasteiger partial charge in [0.15, 0.2) is 0 Å². The van der Waals surface area contributed by atoms with Gasteiger partial charge in [0.2, 0.25) is 0 Å². The first-order valence-corrected chi connectivity index (χ1v) is 6.69. The van der Waals surface area contributed by atoms with Crippen molar-refractivity contribution in [1.82, 2.24) is 9.97 Å². The lowest BCUT2D eigenvalue weighted by Crippen LogP contribution is -2.03. The third-order valence-corrected chi connectivity index (χ3v) is 3.43. The predicted molar refractivity (Wildman–Crippen MR) is 81.1 cm³/mol. The number of nitrogens with one attached hydrogen (secondary N) is 1.